The van der Waals surface area contributed by atoms with Gasteiger partial charge in [0.15, 0.2) is 0 Å². The summed E-state index contributed by atoms with van der Waals surface area (Å²) in [4.78, 5) is 25.4. The molecule has 36 heavy (non-hydrogen) atoms. The number of halogens is 3. The zero-order valence-electron chi connectivity index (χ0n) is 20.1. The maximum Gasteiger partial charge on any atom is 0.416 e. The first-order chi connectivity index (χ1) is 17.0. The van der Waals surface area contributed by atoms with E-state index in [1.165, 1.54) is 23.5 Å². The zero-order valence-corrected chi connectivity index (χ0v) is 21.7. The molecule has 0 spiro atoms. The van der Waals surface area contributed by atoms with E-state index in [9.17, 15) is 22.8 Å². The number of unbranched alkanes of at least 4 members (excludes halogenated alkanes) is 1. The van der Waals surface area contributed by atoms with Gasteiger partial charge in [-0.3, -0.25) is 9.59 Å². The summed E-state index contributed by atoms with van der Waals surface area (Å²) >= 11 is 3.19. The Morgan fingerprint density at radius 2 is 1.67 bits per heavy atom. The van der Waals surface area contributed by atoms with Gasteiger partial charge in [0.2, 0.25) is 0 Å². The molecule has 0 aliphatic heterocycles. The first-order valence-electron chi connectivity index (χ1n) is 11.5. The number of rotatable bonds is 11. The Labute approximate surface area is 216 Å². The van der Waals surface area contributed by atoms with Crippen molar-refractivity contribution in [2.75, 3.05) is 12.3 Å². The van der Waals surface area contributed by atoms with Gasteiger partial charge in [0.25, 0.3) is 5.91 Å². The summed E-state index contributed by atoms with van der Waals surface area (Å²) in [7, 11) is 0. The lowest BCUT2D eigenvalue weighted by atomic mass is 9.95. The minimum absolute atomic E-state index is 0.0987. The van der Waals surface area contributed by atoms with Crippen molar-refractivity contribution in [1.29, 1.82) is 0 Å². The summed E-state index contributed by atoms with van der Waals surface area (Å²) < 4.78 is 38.6. The van der Waals surface area contributed by atoms with Crippen molar-refractivity contribution in [3.05, 3.63) is 75.0 Å². The van der Waals surface area contributed by atoms with E-state index in [-0.39, 0.29) is 18.9 Å². The normalized spacial score (nSPS) is 11.5. The van der Waals surface area contributed by atoms with E-state index in [1.807, 2.05) is 19.9 Å². The van der Waals surface area contributed by atoms with E-state index in [4.69, 9.17) is 5.11 Å². The van der Waals surface area contributed by atoms with E-state index in [0.717, 1.165) is 69.2 Å². The quantitative estimate of drug-likeness (QED) is 0.199. The van der Waals surface area contributed by atoms with Crippen LogP contribution in [0.3, 0.4) is 0 Å². The molecule has 192 valence electrons. The molecule has 3 aromatic rings. The van der Waals surface area contributed by atoms with E-state index in [0.29, 0.717) is 4.88 Å². The maximum atomic E-state index is 12.9. The molecular formula is C27H28F3NO3S2. The van der Waals surface area contributed by atoms with Crippen LogP contribution < -0.4 is 5.32 Å². The Kier molecular flexibility index (Phi) is 9.62. The smallest absolute Gasteiger partial charge is 0.416 e. The molecule has 0 bridgehead atoms. The molecule has 2 aromatic carbocycles. The van der Waals surface area contributed by atoms with Gasteiger partial charge in [-0.15, -0.1) is 23.1 Å². The monoisotopic (exact) mass is 535 g/mol. The van der Waals surface area contributed by atoms with Gasteiger partial charge in [-0.2, -0.15) is 13.2 Å². The Morgan fingerprint density at radius 1 is 1.00 bits per heavy atom. The molecule has 9 heteroatoms. The van der Waals surface area contributed by atoms with Crippen molar-refractivity contribution in [2.45, 2.75) is 50.6 Å². The van der Waals surface area contributed by atoms with Crippen LogP contribution in [0.25, 0.3) is 11.1 Å². The van der Waals surface area contributed by atoms with Gasteiger partial charge in [0.1, 0.15) is 0 Å². The molecular weight excluding hydrogens is 507 g/mol. The van der Waals surface area contributed by atoms with E-state index >= 15 is 0 Å². The maximum absolute atomic E-state index is 12.9. The largest absolute Gasteiger partial charge is 0.481 e. The molecule has 0 unspecified atom stereocenters. The lowest BCUT2D eigenvalue weighted by molar-refractivity contribution is -0.138. The number of aliphatic carboxylic acids is 1. The fraction of sp³-hybridized carbons (Fsp3) is 0.333. The lowest BCUT2D eigenvalue weighted by Gasteiger charge is -2.14. The summed E-state index contributed by atoms with van der Waals surface area (Å²) in [6.07, 6.45) is -1.58. The molecule has 0 fully saturated rings. The first-order valence-corrected chi connectivity index (χ1v) is 13.3. The standard InChI is InChI=1S/C27H28F3NO3S2/c1-17-15-22(16-18(2)25(17)19-6-8-20(9-7-19)27(28,29)30)35-14-4-3-5-21-10-11-23(36-21)26(34)31-13-12-24(32)33/h6-11,15-16H,3-5,12-14H2,1-2H3,(H,31,34)(H,32,33). The average Bonchev–Trinajstić information content (AvgIpc) is 3.27. The molecule has 0 saturated heterocycles. The molecule has 0 radical (unpaired) electrons. The third kappa shape index (κ3) is 7.86. The number of hydrogen-bond donors (Lipinski definition) is 2. The molecule has 1 amide bonds. The number of carboxylic acids is 1. The summed E-state index contributed by atoms with van der Waals surface area (Å²) in [6.45, 7) is 4.08. The number of amides is 1. The van der Waals surface area contributed by atoms with Crippen LogP contribution in [-0.2, 0) is 17.4 Å². The van der Waals surface area contributed by atoms with Crippen LogP contribution in [0.5, 0.6) is 0 Å². The molecule has 3 rings (SSSR count). The van der Waals surface area contributed by atoms with E-state index < -0.39 is 17.7 Å². The molecule has 0 saturated carbocycles. The minimum atomic E-state index is -4.34. The van der Waals surface area contributed by atoms with Gasteiger partial charge in [0.05, 0.1) is 16.9 Å². The highest BCUT2D eigenvalue weighted by atomic mass is 32.2. The number of carbonyl (C=O) groups is 2. The number of thioether (sulfide) groups is 1. The Bertz CT molecular complexity index is 1180. The van der Waals surface area contributed by atoms with Gasteiger partial charge >= 0.3 is 12.1 Å². The van der Waals surface area contributed by atoms with Crippen LogP contribution in [0.2, 0.25) is 0 Å². The van der Waals surface area contributed by atoms with Crippen molar-refractivity contribution < 1.29 is 27.9 Å². The second-order valence-corrected chi connectivity index (χ2v) is 10.8. The molecule has 4 nitrogen and oxygen atoms in total. The highest BCUT2D eigenvalue weighted by Gasteiger charge is 2.30. The molecule has 1 aromatic heterocycles. The molecule has 0 aliphatic rings. The van der Waals surface area contributed by atoms with Crippen molar-refractivity contribution in [3.63, 3.8) is 0 Å². The lowest BCUT2D eigenvalue weighted by Crippen LogP contribution is -2.25. The fourth-order valence-corrected chi connectivity index (χ4v) is 5.95. The number of thiophene rings is 1. The van der Waals surface area contributed by atoms with Crippen molar-refractivity contribution >= 4 is 35.0 Å². The van der Waals surface area contributed by atoms with Gasteiger partial charge in [0, 0.05) is 16.3 Å². The first kappa shape index (κ1) is 27.8. The number of nitrogens with one attached hydrogen (secondary N) is 1. The molecule has 1 heterocycles. The Balaban J connectivity index is 1.47. The minimum Gasteiger partial charge on any atom is -0.481 e. The summed E-state index contributed by atoms with van der Waals surface area (Å²) in [5, 5.41) is 11.3. The van der Waals surface area contributed by atoms with Crippen LogP contribution in [0.4, 0.5) is 13.2 Å². The van der Waals surface area contributed by atoms with Gasteiger partial charge in [-0.05, 0) is 97.5 Å². The van der Waals surface area contributed by atoms with Gasteiger partial charge in [-0.25, -0.2) is 0 Å². The Hall–Kier alpha value is -2.78. The molecule has 0 atom stereocenters. The van der Waals surface area contributed by atoms with Crippen LogP contribution >= 0.6 is 23.1 Å². The number of carbonyl (C=O) groups excluding carboxylic acids is 1. The van der Waals surface area contributed by atoms with Crippen molar-refractivity contribution in [1.82, 2.24) is 5.32 Å². The predicted molar refractivity (Wildman–Crippen MR) is 139 cm³/mol. The van der Waals surface area contributed by atoms with E-state index in [2.05, 4.69) is 17.4 Å². The van der Waals surface area contributed by atoms with Crippen molar-refractivity contribution in [2.24, 2.45) is 0 Å². The number of carboxylic acid groups (broad SMARTS) is 1. The van der Waals surface area contributed by atoms with Gasteiger partial charge in [-0.1, -0.05) is 12.1 Å². The van der Waals surface area contributed by atoms with Crippen LogP contribution in [-0.4, -0.2) is 29.3 Å². The summed E-state index contributed by atoms with van der Waals surface area (Å²) in [5.74, 6) is -0.249. The fourth-order valence-electron chi connectivity index (χ4n) is 3.88. The number of alkyl halides is 3. The molecule has 2 N–H and O–H groups in total. The van der Waals surface area contributed by atoms with Crippen molar-refractivity contribution in [3.8, 4) is 11.1 Å². The highest BCUT2D eigenvalue weighted by molar-refractivity contribution is 7.99. The van der Waals surface area contributed by atoms with Gasteiger partial charge < -0.3 is 10.4 Å². The van der Waals surface area contributed by atoms with Crippen LogP contribution in [0.15, 0.2) is 53.4 Å². The SMILES string of the molecule is Cc1cc(SCCCCc2ccc(C(=O)NCCC(=O)O)s2)cc(C)c1-c1ccc(C(F)(F)F)cc1. The number of aryl methyl sites for hydroxylation is 3. The third-order valence-corrected chi connectivity index (χ3v) is 7.81. The number of hydrogen-bond acceptors (Lipinski definition) is 4. The summed E-state index contributed by atoms with van der Waals surface area (Å²) in [5.41, 5.74) is 3.16. The third-order valence-electron chi connectivity index (χ3n) is 5.60. The predicted octanol–water partition coefficient (Wildman–Crippen LogP) is 7.37. The Morgan fingerprint density at radius 3 is 2.28 bits per heavy atom. The average molecular weight is 536 g/mol. The topological polar surface area (TPSA) is 66.4 Å². The van der Waals surface area contributed by atoms with Crippen LogP contribution in [0.1, 0.15) is 50.5 Å². The summed E-state index contributed by atoms with van der Waals surface area (Å²) in [6, 6.07) is 13.2. The van der Waals surface area contributed by atoms with E-state index in [1.54, 1.807) is 17.8 Å². The van der Waals surface area contributed by atoms with Crippen LogP contribution in [0, 0.1) is 13.8 Å². The second kappa shape index (κ2) is 12.5. The second-order valence-electron chi connectivity index (χ2n) is 8.48. The zero-order chi connectivity index (χ0) is 26.3. The molecule has 0 aliphatic carbocycles. The number of benzene rings is 2. The highest BCUT2D eigenvalue weighted by Crippen LogP contribution is 2.35.